The summed E-state index contributed by atoms with van der Waals surface area (Å²) >= 11 is 2.82. The Morgan fingerprint density at radius 1 is 1.12 bits per heavy atom. The van der Waals surface area contributed by atoms with E-state index in [1.165, 1.54) is 28.5 Å². The van der Waals surface area contributed by atoms with Gasteiger partial charge in [0.1, 0.15) is 11.3 Å². The number of hydrogen-bond donors (Lipinski definition) is 0. The summed E-state index contributed by atoms with van der Waals surface area (Å²) in [5.41, 5.74) is 4.64. The molecule has 0 bridgehead atoms. The predicted molar refractivity (Wildman–Crippen MR) is 128 cm³/mol. The molecule has 0 saturated carbocycles. The van der Waals surface area contributed by atoms with Crippen LogP contribution in [0.15, 0.2) is 81.7 Å². The first kappa shape index (κ1) is 20.7. The number of carbonyl (C=O) groups excluding carboxylic acids is 1. The highest BCUT2D eigenvalue weighted by atomic mass is 32.2. The summed E-state index contributed by atoms with van der Waals surface area (Å²) < 4.78 is 6.07. The second kappa shape index (κ2) is 9.10. The molecule has 4 aromatic rings. The zero-order valence-electron chi connectivity index (χ0n) is 17.3. The summed E-state index contributed by atoms with van der Waals surface area (Å²) in [5.74, 6) is 0.991. The SMILES string of the molecule is COc1ccc([C@H]2CC(c3ccc4ccccc4c3)=NN2C(=O)CSc2nncs2)cc1. The van der Waals surface area contributed by atoms with E-state index in [2.05, 4.69) is 40.5 Å². The maximum Gasteiger partial charge on any atom is 0.253 e. The average molecular weight is 461 g/mol. The molecule has 1 aromatic heterocycles. The maximum atomic E-state index is 13.2. The zero-order chi connectivity index (χ0) is 21.9. The van der Waals surface area contributed by atoms with Crippen LogP contribution in [0.25, 0.3) is 10.8 Å². The Kier molecular flexibility index (Phi) is 5.87. The van der Waals surface area contributed by atoms with Gasteiger partial charge in [0.25, 0.3) is 5.91 Å². The van der Waals surface area contributed by atoms with Crippen molar-refractivity contribution in [2.24, 2.45) is 5.10 Å². The lowest BCUT2D eigenvalue weighted by Crippen LogP contribution is -2.28. The number of methoxy groups -OCH3 is 1. The smallest absolute Gasteiger partial charge is 0.253 e. The van der Waals surface area contributed by atoms with Crippen molar-refractivity contribution in [2.45, 2.75) is 16.8 Å². The van der Waals surface area contributed by atoms with Gasteiger partial charge >= 0.3 is 0 Å². The molecule has 2 heterocycles. The fourth-order valence-corrected chi connectivity index (χ4v) is 5.13. The summed E-state index contributed by atoms with van der Waals surface area (Å²) in [5, 5.41) is 16.6. The number of fused-ring (bicyclic) bond motifs is 1. The number of hydrazone groups is 1. The highest BCUT2D eigenvalue weighted by Crippen LogP contribution is 2.35. The van der Waals surface area contributed by atoms with Crippen molar-refractivity contribution in [1.82, 2.24) is 15.2 Å². The number of amides is 1. The van der Waals surface area contributed by atoms with Crippen LogP contribution in [-0.4, -0.2) is 39.7 Å². The average Bonchev–Trinajstić information content (AvgIpc) is 3.53. The van der Waals surface area contributed by atoms with Crippen LogP contribution in [0.3, 0.4) is 0 Å². The molecule has 0 aliphatic carbocycles. The summed E-state index contributed by atoms with van der Waals surface area (Å²) in [6.45, 7) is 0. The molecule has 1 aliphatic rings. The van der Waals surface area contributed by atoms with Crippen molar-refractivity contribution in [2.75, 3.05) is 12.9 Å². The minimum atomic E-state index is -0.162. The van der Waals surface area contributed by atoms with E-state index < -0.39 is 0 Å². The molecular formula is C24H20N4O2S2. The Labute approximate surface area is 193 Å². The zero-order valence-corrected chi connectivity index (χ0v) is 19.0. The van der Waals surface area contributed by atoms with E-state index >= 15 is 0 Å². The molecule has 0 spiro atoms. The van der Waals surface area contributed by atoms with Gasteiger partial charge in [0.05, 0.1) is 24.6 Å². The van der Waals surface area contributed by atoms with Crippen LogP contribution >= 0.6 is 23.1 Å². The standard InChI is InChI=1S/C24H20N4O2S2/c1-30-20-10-8-17(9-11-20)22-13-21(19-7-6-16-4-2-3-5-18(16)12-19)27-28(22)23(29)14-31-24-26-25-15-32-24/h2-12,15,22H,13-14H2,1H3/t22-/m1/s1. The van der Waals surface area contributed by atoms with E-state index in [1.54, 1.807) is 17.6 Å². The number of hydrogen-bond acceptors (Lipinski definition) is 7. The summed E-state index contributed by atoms with van der Waals surface area (Å²) in [6, 6.07) is 22.3. The molecule has 160 valence electrons. The third-order valence-corrected chi connectivity index (χ3v) is 7.25. The third kappa shape index (κ3) is 4.24. The lowest BCUT2D eigenvalue weighted by molar-refractivity contribution is -0.130. The molecule has 0 N–H and O–H groups in total. The maximum absolute atomic E-state index is 13.2. The molecule has 1 aliphatic heterocycles. The van der Waals surface area contributed by atoms with Crippen LogP contribution in [0.5, 0.6) is 5.75 Å². The first-order valence-corrected chi connectivity index (χ1v) is 12.0. The topological polar surface area (TPSA) is 67.7 Å². The van der Waals surface area contributed by atoms with Crippen LogP contribution in [-0.2, 0) is 4.79 Å². The van der Waals surface area contributed by atoms with Gasteiger partial charge in [-0.25, -0.2) is 5.01 Å². The van der Waals surface area contributed by atoms with E-state index in [-0.39, 0.29) is 17.7 Å². The second-order valence-electron chi connectivity index (χ2n) is 7.33. The largest absolute Gasteiger partial charge is 0.497 e. The van der Waals surface area contributed by atoms with Gasteiger partial charge in [0.2, 0.25) is 0 Å². The van der Waals surface area contributed by atoms with E-state index in [0.717, 1.165) is 32.3 Å². The van der Waals surface area contributed by atoms with Crippen molar-refractivity contribution in [1.29, 1.82) is 0 Å². The van der Waals surface area contributed by atoms with Crippen molar-refractivity contribution >= 4 is 45.5 Å². The molecule has 8 heteroatoms. The van der Waals surface area contributed by atoms with Gasteiger partial charge in [-0.05, 0) is 40.1 Å². The van der Waals surface area contributed by atoms with Gasteiger partial charge in [-0.1, -0.05) is 71.6 Å². The lowest BCUT2D eigenvalue weighted by atomic mass is 9.97. The summed E-state index contributed by atoms with van der Waals surface area (Å²) in [6.07, 6.45) is 0.653. The molecule has 0 unspecified atom stereocenters. The highest BCUT2D eigenvalue weighted by molar-refractivity contribution is 8.01. The van der Waals surface area contributed by atoms with E-state index in [0.29, 0.717) is 6.42 Å². The fourth-order valence-electron chi connectivity index (χ4n) is 3.78. The number of benzene rings is 3. The minimum absolute atomic E-state index is 0.0539. The van der Waals surface area contributed by atoms with Crippen molar-refractivity contribution < 1.29 is 9.53 Å². The predicted octanol–water partition coefficient (Wildman–Crippen LogP) is 5.17. The van der Waals surface area contributed by atoms with E-state index in [4.69, 9.17) is 9.84 Å². The second-order valence-corrected chi connectivity index (χ2v) is 9.39. The fraction of sp³-hybridized carbons (Fsp3) is 0.167. The Morgan fingerprint density at radius 3 is 2.69 bits per heavy atom. The number of rotatable bonds is 6. The van der Waals surface area contributed by atoms with Crippen molar-refractivity contribution in [3.63, 3.8) is 0 Å². The molecule has 3 aromatic carbocycles. The van der Waals surface area contributed by atoms with Crippen LogP contribution < -0.4 is 4.74 Å². The van der Waals surface area contributed by atoms with Gasteiger partial charge in [0.15, 0.2) is 4.34 Å². The first-order valence-electron chi connectivity index (χ1n) is 10.1. The monoisotopic (exact) mass is 460 g/mol. The van der Waals surface area contributed by atoms with Crippen LogP contribution in [0, 0.1) is 0 Å². The first-order chi connectivity index (χ1) is 15.7. The van der Waals surface area contributed by atoms with Crippen LogP contribution in [0.1, 0.15) is 23.6 Å². The number of nitrogens with zero attached hydrogens (tertiary/aromatic N) is 4. The van der Waals surface area contributed by atoms with Crippen molar-refractivity contribution in [3.8, 4) is 5.75 Å². The number of thioether (sulfide) groups is 1. The Bertz CT molecular complexity index is 1270. The lowest BCUT2D eigenvalue weighted by Gasteiger charge is -2.22. The third-order valence-electron chi connectivity index (χ3n) is 5.41. The summed E-state index contributed by atoms with van der Waals surface area (Å²) in [4.78, 5) is 13.2. The molecule has 1 amide bonds. The Hall–Kier alpha value is -3.23. The van der Waals surface area contributed by atoms with E-state index in [1.807, 2.05) is 36.4 Å². The molecule has 0 fully saturated rings. The van der Waals surface area contributed by atoms with Crippen molar-refractivity contribution in [3.05, 3.63) is 83.4 Å². The Balaban J connectivity index is 1.45. The molecule has 32 heavy (non-hydrogen) atoms. The highest BCUT2D eigenvalue weighted by Gasteiger charge is 2.33. The van der Waals surface area contributed by atoms with Gasteiger partial charge in [0, 0.05) is 6.42 Å². The minimum Gasteiger partial charge on any atom is -0.497 e. The molecule has 5 rings (SSSR count). The van der Waals surface area contributed by atoms with Gasteiger partial charge in [-0.15, -0.1) is 10.2 Å². The van der Waals surface area contributed by atoms with E-state index in [9.17, 15) is 4.79 Å². The summed E-state index contributed by atoms with van der Waals surface area (Å²) in [7, 11) is 1.64. The molecular weight excluding hydrogens is 440 g/mol. The van der Waals surface area contributed by atoms with Crippen LogP contribution in [0.4, 0.5) is 0 Å². The molecule has 1 atom stereocenters. The molecule has 0 saturated heterocycles. The van der Waals surface area contributed by atoms with Crippen LogP contribution in [0.2, 0.25) is 0 Å². The number of ether oxygens (including phenoxy) is 1. The Morgan fingerprint density at radius 2 is 1.94 bits per heavy atom. The number of carbonyl (C=O) groups is 1. The quantitative estimate of drug-likeness (QED) is 0.371. The van der Waals surface area contributed by atoms with Gasteiger partial charge in [-0.2, -0.15) is 5.10 Å². The molecule has 6 nitrogen and oxygen atoms in total. The normalized spacial score (nSPS) is 15.7. The molecule has 0 radical (unpaired) electrons. The number of aromatic nitrogens is 2. The van der Waals surface area contributed by atoms with Gasteiger partial charge < -0.3 is 4.74 Å². The van der Waals surface area contributed by atoms with Gasteiger partial charge in [-0.3, -0.25) is 4.79 Å².